The van der Waals surface area contributed by atoms with Gasteiger partial charge in [0, 0.05) is 46.0 Å². The third-order valence-corrected chi connectivity index (χ3v) is 3.79. The summed E-state index contributed by atoms with van der Waals surface area (Å²) in [6.07, 6.45) is 1.78. The molecule has 0 aliphatic carbocycles. The summed E-state index contributed by atoms with van der Waals surface area (Å²) in [4.78, 5) is 20.8. The van der Waals surface area contributed by atoms with Crippen molar-refractivity contribution >= 4 is 11.7 Å². The highest BCUT2D eigenvalue weighted by Gasteiger charge is 2.16. The molecule has 2 rings (SSSR count). The van der Waals surface area contributed by atoms with Crippen molar-refractivity contribution in [2.75, 3.05) is 51.8 Å². The molecule has 0 bridgehead atoms. The molecule has 0 saturated carbocycles. The smallest absolute Gasteiger partial charge is 0.239 e. The number of likely N-dealkylation sites (N-methyl/N-ethyl adjacent to an activating group) is 1. The van der Waals surface area contributed by atoms with Crippen LogP contribution in [0.3, 0.4) is 0 Å². The summed E-state index contributed by atoms with van der Waals surface area (Å²) in [6, 6.07) is 3.29. The maximum Gasteiger partial charge on any atom is 0.239 e. The van der Waals surface area contributed by atoms with Crippen LogP contribution in [0.15, 0.2) is 18.3 Å². The Morgan fingerprint density at radius 1 is 1.45 bits per heavy atom. The third kappa shape index (κ3) is 4.66. The summed E-state index contributed by atoms with van der Waals surface area (Å²) in [5.74, 6) is 0.751. The Morgan fingerprint density at radius 3 is 2.86 bits per heavy atom. The SMILES string of the molecule is COCC(N)C(=O)NCc1ccnc(N2CCN(C)CC2)c1. The molecule has 0 spiro atoms. The van der Waals surface area contributed by atoms with Crippen molar-refractivity contribution in [2.45, 2.75) is 12.6 Å². The number of carbonyl (C=O) groups excluding carboxylic acids is 1. The Morgan fingerprint density at radius 2 is 2.18 bits per heavy atom. The monoisotopic (exact) mass is 307 g/mol. The second kappa shape index (κ2) is 8.07. The van der Waals surface area contributed by atoms with Crippen LogP contribution in [0.2, 0.25) is 0 Å². The topological polar surface area (TPSA) is 83.7 Å². The molecule has 7 heteroatoms. The van der Waals surface area contributed by atoms with Crippen LogP contribution in [-0.4, -0.2) is 68.8 Å². The van der Waals surface area contributed by atoms with Crippen molar-refractivity contribution in [1.29, 1.82) is 0 Å². The maximum absolute atomic E-state index is 11.8. The Balaban J connectivity index is 1.90. The van der Waals surface area contributed by atoms with Gasteiger partial charge < -0.3 is 25.6 Å². The number of aromatic nitrogens is 1. The predicted octanol–water partition coefficient (Wildman–Crippen LogP) is -0.577. The highest BCUT2D eigenvalue weighted by Crippen LogP contribution is 2.14. The van der Waals surface area contributed by atoms with Gasteiger partial charge in [-0.1, -0.05) is 0 Å². The number of hydrogen-bond acceptors (Lipinski definition) is 6. The number of nitrogens with zero attached hydrogens (tertiary/aromatic N) is 3. The molecule has 1 aromatic heterocycles. The van der Waals surface area contributed by atoms with Gasteiger partial charge in [-0.25, -0.2) is 4.98 Å². The Hall–Kier alpha value is -1.70. The van der Waals surface area contributed by atoms with Crippen LogP contribution >= 0.6 is 0 Å². The van der Waals surface area contributed by atoms with Gasteiger partial charge in [0.2, 0.25) is 5.91 Å². The standard InChI is InChI=1S/C15H25N5O2/c1-19-5-7-20(8-6-19)14-9-12(3-4-17-14)10-18-15(21)13(16)11-22-2/h3-4,9,13H,5-8,10-11,16H2,1-2H3,(H,18,21). The van der Waals surface area contributed by atoms with E-state index in [1.54, 1.807) is 6.20 Å². The minimum atomic E-state index is -0.635. The van der Waals surface area contributed by atoms with E-state index in [4.69, 9.17) is 10.5 Å². The lowest BCUT2D eigenvalue weighted by Gasteiger charge is -2.33. The summed E-state index contributed by atoms with van der Waals surface area (Å²) in [5.41, 5.74) is 6.71. The minimum Gasteiger partial charge on any atom is -0.383 e. The second-order valence-electron chi connectivity index (χ2n) is 5.59. The van der Waals surface area contributed by atoms with Gasteiger partial charge in [0.15, 0.2) is 0 Å². The van der Waals surface area contributed by atoms with E-state index in [0.717, 1.165) is 37.6 Å². The second-order valence-corrected chi connectivity index (χ2v) is 5.59. The molecule has 1 atom stereocenters. The molecule has 1 aromatic rings. The molecule has 1 amide bonds. The quantitative estimate of drug-likeness (QED) is 0.732. The van der Waals surface area contributed by atoms with Gasteiger partial charge in [0.05, 0.1) is 6.61 Å². The van der Waals surface area contributed by atoms with Crippen molar-refractivity contribution in [3.63, 3.8) is 0 Å². The summed E-state index contributed by atoms with van der Waals surface area (Å²) < 4.78 is 4.88. The van der Waals surface area contributed by atoms with E-state index in [9.17, 15) is 4.79 Å². The van der Waals surface area contributed by atoms with E-state index in [1.165, 1.54) is 7.11 Å². The van der Waals surface area contributed by atoms with Crippen LogP contribution in [0, 0.1) is 0 Å². The number of piperazine rings is 1. The molecule has 0 aromatic carbocycles. The molecule has 22 heavy (non-hydrogen) atoms. The largest absolute Gasteiger partial charge is 0.383 e. The van der Waals surface area contributed by atoms with Crippen molar-refractivity contribution in [3.8, 4) is 0 Å². The van der Waals surface area contributed by atoms with Crippen molar-refractivity contribution < 1.29 is 9.53 Å². The normalized spacial score (nSPS) is 17.3. The summed E-state index contributed by atoms with van der Waals surface area (Å²) in [5, 5.41) is 2.82. The molecule has 1 aliphatic heterocycles. The van der Waals surface area contributed by atoms with E-state index in [1.807, 2.05) is 12.1 Å². The van der Waals surface area contributed by atoms with Crippen LogP contribution in [-0.2, 0) is 16.1 Å². The van der Waals surface area contributed by atoms with Gasteiger partial charge in [0.1, 0.15) is 11.9 Å². The van der Waals surface area contributed by atoms with Crippen LogP contribution < -0.4 is 16.0 Å². The Labute approximate surface area is 131 Å². The lowest BCUT2D eigenvalue weighted by molar-refractivity contribution is -0.123. The number of carbonyl (C=O) groups is 1. The number of rotatable bonds is 6. The summed E-state index contributed by atoms with van der Waals surface area (Å²) in [7, 11) is 3.65. The van der Waals surface area contributed by atoms with Gasteiger partial charge in [-0.15, -0.1) is 0 Å². The number of methoxy groups -OCH3 is 1. The molecule has 122 valence electrons. The van der Waals surface area contributed by atoms with Gasteiger partial charge in [-0.05, 0) is 24.7 Å². The van der Waals surface area contributed by atoms with Gasteiger partial charge >= 0.3 is 0 Å². The molecule has 3 N–H and O–H groups in total. The fraction of sp³-hybridized carbons (Fsp3) is 0.600. The molecule has 1 fully saturated rings. The number of pyridine rings is 1. The maximum atomic E-state index is 11.8. The minimum absolute atomic E-state index is 0.209. The predicted molar refractivity (Wildman–Crippen MR) is 85.6 cm³/mol. The van der Waals surface area contributed by atoms with E-state index in [2.05, 4.69) is 27.1 Å². The number of hydrogen-bond donors (Lipinski definition) is 2. The average molecular weight is 307 g/mol. The molecule has 1 unspecified atom stereocenters. The molecule has 7 nitrogen and oxygen atoms in total. The highest BCUT2D eigenvalue weighted by molar-refractivity contribution is 5.81. The first-order chi connectivity index (χ1) is 10.6. The van der Waals surface area contributed by atoms with Crippen molar-refractivity contribution in [2.24, 2.45) is 5.73 Å². The summed E-state index contributed by atoms with van der Waals surface area (Å²) >= 11 is 0. The number of anilines is 1. The van der Waals surface area contributed by atoms with E-state index >= 15 is 0 Å². The van der Waals surface area contributed by atoms with Gasteiger partial charge in [0.25, 0.3) is 0 Å². The molecule has 0 radical (unpaired) electrons. The molecular formula is C15H25N5O2. The number of nitrogens with one attached hydrogen (secondary N) is 1. The lowest BCUT2D eigenvalue weighted by Crippen LogP contribution is -2.45. The highest BCUT2D eigenvalue weighted by atomic mass is 16.5. The number of nitrogens with two attached hydrogens (primary N) is 1. The number of ether oxygens (including phenoxy) is 1. The van der Waals surface area contributed by atoms with Crippen LogP contribution in [0.4, 0.5) is 5.82 Å². The van der Waals surface area contributed by atoms with Gasteiger partial charge in [-0.2, -0.15) is 0 Å². The third-order valence-electron chi connectivity index (χ3n) is 3.79. The lowest BCUT2D eigenvalue weighted by atomic mass is 10.2. The summed E-state index contributed by atoms with van der Waals surface area (Å²) in [6.45, 7) is 4.67. The zero-order valence-electron chi connectivity index (χ0n) is 13.3. The first kappa shape index (κ1) is 16.7. The first-order valence-corrected chi connectivity index (χ1v) is 7.51. The average Bonchev–Trinajstić information content (AvgIpc) is 2.54. The molecule has 1 aliphatic rings. The fourth-order valence-electron chi connectivity index (χ4n) is 2.35. The molecule has 2 heterocycles. The van der Waals surface area contributed by atoms with Gasteiger partial charge in [-0.3, -0.25) is 4.79 Å². The van der Waals surface area contributed by atoms with Crippen molar-refractivity contribution in [1.82, 2.24) is 15.2 Å². The number of amides is 1. The first-order valence-electron chi connectivity index (χ1n) is 7.51. The molecule has 1 saturated heterocycles. The zero-order chi connectivity index (χ0) is 15.9. The Bertz CT molecular complexity index is 489. The van der Waals surface area contributed by atoms with Crippen LogP contribution in [0.1, 0.15) is 5.56 Å². The van der Waals surface area contributed by atoms with Crippen molar-refractivity contribution in [3.05, 3.63) is 23.9 Å². The zero-order valence-corrected chi connectivity index (χ0v) is 13.3. The van der Waals surface area contributed by atoms with E-state index in [0.29, 0.717) is 6.54 Å². The van der Waals surface area contributed by atoms with E-state index < -0.39 is 6.04 Å². The van der Waals surface area contributed by atoms with Crippen LogP contribution in [0.5, 0.6) is 0 Å². The Kier molecular flexibility index (Phi) is 6.11. The van der Waals surface area contributed by atoms with E-state index in [-0.39, 0.29) is 12.5 Å². The molecular weight excluding hydrogens is 282 g/mol. The fourth-order valence-corrected chi connectivity index (χ4v) is 2.35. The van der Waals surface area contributed by atoms with Crippen LogP contribution in [0.25, 0.3) is 0 Å².